The fraction of sp³-hybridized carbons (Fsp3) is 0.222. The van der Waals surface area contributed by atoms with Crippen LogP contribution in [-0.2, 0) is 30.8 Å². The van der Waals surface area contributed by atoms with Crippen LogP contribution in [0, 0.1) is 0 Å². The first kappa shape index (κ1) is 14.5. The summed E-state index contributed by atoms with van der Waals surface area (Å²) >= 11 is 0. The van der Waals surface area contributed by atoms with Crippen molar-refractivity contribution >= 4 is 0 Å². The molecule has 3 aromatic rings. The van der Waals surface area contributed by atoms with Crippen LogP contribution in [-0.4, -0.2) is 15.2 Å². The van der Waals surface area contributed by atoms with Crippen molar-refractivity contribution in [3.63, 3.8) is 0 Å². The highest BCUT2D eigenvalue weighted by atomic mass is 16.5. The fourth-order valence-electron chi connectivity index (χ4n) is 2.25. The molecule has 0 radical (unpaired) electrons. The number of ether oxygens (including phenoxy) is 1. The molecule has 0 aliphatic rings. The summed E-state index contributed by atoms with van der Waals surface area (Å²) in [5, 5.41) is 7.18. The molecule has 2 aromatic carbocycles. The van der Waals surface area contributed by atoms with Gasteiger partial charge in [-0.3, -0.25) is 5.10 Å². The van der Waals surface area contributed by atoms with Crippen LogP contribution in [0.1, 0.15) is 22.8 Å². The van der Waals surface area contributed by atoms with Gasteiger partial charge in [0.1, 0.15) is 6.61 Å². The lowest BCUT2D eigenvalue weighted by Gasteiger charge is -2.01. The van der Waals surface area contributed by atoms with Gasteiger partial charge in [-0.2, -0.15) is 5.10 Å². The van der Waals surface area contributed by atoms with Gasteiger partial charge >= 0.3 is 0 Å². The summed E-state index contributed by atoms with van der Waals surface area (Å²) in [5.74, 6) is 1.61. The molecule has 0 aliphatic heterocycles. The Balaban J connectivity index is 1.45. The zero-order valence-electron chi connectivity index (χ0n) is 12.4. The van der Waals surface area contributed by atoms with Crippen LogP contribution in [0.15, 0.2) is 60.7 Å². The maximum Gasteiger partial charge on any atom is 0.151 e. The first-order chi connectivity index (χ1) is 10.9. The summed E-state index contributed by atoms with van der Waals surface area (Å²) in [6.45, 7) is 1.04. The standard InChI is InChI=1S/C18H19N3O/c1-3-7-15(8-4-1)11-12-17-19-18(21-20-17)14-22-13-16-9-5-2-6-10-16/h1-10H,11-14H2,(H,19,20,21). The molecule has 0 unspecified atom stereocenters. The first-order valence-corrected chi connectivity index (χ1v) is 7.46. The molecule has 0 fully saturated rings. The quantitative estimate of drug-likeness (QED) is 0.727. The second kappa shape index (κ2) is 7.52. The van der Waals surface area contributed by atoms with Gasteiger partial charge in [0.15, 0.2) is 11.6 Å². The Labute approximate surface area is 130 Å². The monoisotopic (exact) mass is 293 g/mol. The third kappa shape index (κ3) is 4.27. The minimum atomic E-state index is 0.452. The van der Waals surface area contributed by atoms with Crippen molar-refractivity contribution in [2.45, 2.75) is 26.1 Å². The second-order valence-electron chi connectivity index (χ2n) is 5.16. The van der Waals surface area contributed by atoms with Crippen LogP contribution in [0.4, 0.5) is 0 Å². The number of nitrogens with zero attached hydrogens (tertiary/aromatic N) is 2. The molecule has 22 heavy (non-hydrogen) atoms. The topological polar surface area (TPSA) is 50.8 Å². The molecule has 0 atom stereocenters. The Hall–Kier alpha value is -2.46. The smallest absolute Gasteiger partial charge is 0.151 e. The molecule has 1 aromatic heterocycles. The van der Waals surface area contributed by atoms with Crippen molar-refractivity contribution in [2.75, 3.05) is 0 Å². The van der Waals surface area contributed by atoms with Gasteiger partial charge < -0.3 is 4.74 Å². The molecule has 0 saturated carbocycles. The van der Waals surface area contributed by atoms with E-state index in [1.165, 1.54) is 5.56 Å². The summed E-state index contributed by atoms with van der Waals surface area (Å²) < 4.78 is 5.65. The van der Waals surface area contributed by atoms with E-state index in [0.29, 0.717) is 13.2 Å². The van der Waals surface area contributed by atoms with E-state index in [0.717, 1.165) is 30.1 Å². The lowest BCUT2D eigenvalue weighted by atomic mass is 10.1. The highest BCUT2D eigenvalue weighted by Crippen LogP contribution is 2.06. The lowest BCUT2D eigenvalue weighted by molar-refractivity contribution is 0.102. The predicted octanol–water partition coefficient (Wildman–Crippen LogP) is 3.31. The number of nitrogens with one attached hydrogen (secondary N) is 1. The Morgan fingerprint density at radius 2 is 1.45 bits per heavy atom. The van der Waals surface area contributed by atoms with Gasteiger partial charge in [-0.15, -0.1) is 0 Å². The van der Waals surface area contributed by atoms with E-state index in [1.807, 2.05) is 36.4 Å². The third-order valence-corrected chi connectivity index (χ3v) is 3.41. The fourth-order valence-corrected chi connectivity index (χ4v) is 2.25. The minimum absolute atomic E-state index is 0.452. The number of H-pyrrole nitrogens is 1. The summed E-state index contributed by atoms with van der Waals surface area (Å²) in [7, 11) is 0. The number of rotatable bonds is 7. The van der Waals surface area contributed by atoms with E-state index in [1.54, 1.807) is 0 Å². The van der Waals surface area contributed by atoms with Gasteiger partial charge in [-0.1, -0.05) is 60.7 Å². The minimum Gasteiger partial charge on any atom is -0.369 e. The van der Waals surface area contributed by atoms with Gasteiger partial charge in [0.05, 0.1) is 6.61 Å². The van der Waals surface area contributed by atoms with Gasteiger partial charge in [-0.05, 0) is 17.5 Å². The van der Waals surface area contributed by atoms with Crippen LogP contribution < -0.4 is 0 Å². The zero-order chi connectivity index (χ0) is 15.0. The second-order valence-corrected chi connectivity index (χ2v) is 5.16. The molecule has 1 heterocycles. The Bertz CT molecular complexity index is 680. The number of benzene rings is 2. The largest absolute Gasteiger partial charge is 0.369 e. The zero-order valence-corrected chi connectivity index (χ0v) is 12.4. The summed E-state index contributed by atoms with van der Waals surface area (Å²) in [6.07, 6.45) is 1.78. The van der Waals surface area contributed by atoms with E-state index in [-0.39, 0.29) is 0 Å². The SMILES string of the molecule is c1ccc(CCc2n[nH]c(COCc3ccccc3)n2)cc1. The third-order valence-electron chi connectivity index (χ3n) is 3.41. The van der Waals surface area contributed by atoms with E-state index in [4.69, 9.17) is 4.74 Å². The number of hydrogen-bond donors (Lipinski definition) is 1. The lowest BCUT2D eigenvalue weighted by Crippen LogP contribution is -1.96. The maximum atomic E-state index is 5.65. The Kier molecular flexibility index (Phi) is 4.95. The van der Waals surface area contributed by atoms with E-state index >= 15 is 0 Å². The van der Waals surface area contributed by atoms with Crippen molar-refractivity contribution in [1.82, 2.24) is 15.2 Å². The van der Waals surface area contributed by atoms with Crippen molar-refractivity contribution in [2.24, 2.45) is 0 Å². The van der Waals surface area contributed by atoms with Gasteiger partial charge in [0.25, 0.3) is 0 Å². The Morgan fingerprint density at radius 3 is 2.18 bits per heavy atom. The highest BCUT2D eigenvalue weighted by molar-refractivity contribution is 5.15. The summed E-state index contributed by atoms with van der Waals surface area (Å²) in [5.41, 5.74) is 2.46. The molecule has 1 N–H and O–H groups in total. The highest BCUT2D eigenvalue weighted by Gasteiger charge is 2.04. The average Bonchev–Trinajstić information content (AvgIpc) is 3.03. The molecule has 0 aliphatic carbocycles. The number of hydrogen-bond acceptors (Lipinski definition) is 3. The van der Waals surface area contributed by atoms with Crippen molar-refractivity contribution < 1.29 is 4.74 Å². The molecule has 0 amide bonds. The molecule has 112 valence electrons. The molecular formula is C18H19N3O. The molecule has 0 saturated heterocycles. The normalized spacial score (nSPS) is 10.7. The van der Waals surface area contributed by atoms with Crippen LogP contribution in [0.5, 0.6) is 0 Å². The molecular weight excluding hydrogens is 274 g/mol. The van der Waals surface area contributed by atoms with E-state index in [2.05, 4.69) is 39.4 Å². The van der Waals surface area contributed by atoms with Gasteiger partial charge in [0.2, 0.25) is 0 Å². The molecule has 4 nitrogen and oxygen atoms in total. The molecule has 0 spiro atoms. The van der Waals surface area contributed by atoms with E-state index in [9.17, 15) is 0 Å². The van der Waals surface area contributed by atoms with Crippen LogP contribution in [0.25, 0.3) is 0 Å². The molecule has 0 bridgehead atoms. The van der Waals surface area contributed by atoms with Gasteiger partial charge in [-0.25, -0.2) is 4.98 Å². The summed E-state index contributed by atoms with van der Waals surface area (Å²) in [4.78, 5) is 4.46. The van der Waals surface area contributed by atoms with Crippen LogP contribution in [0.2, 0.25) is 0 Å². The number of aromatic amines is 1. The van der Waals surface area contributed by atoms with Gasteiger partial charge in [0, 0.05) is 6.42 Å². The van der Waals surface area contributed by atoms with Crippen LogP contribution >= 0.6 is 0 Å². The number of aromatic nitrogens is 3. The maximum absolute atomic E-state index is 5.65. The average molecular weight is 293 g/mol. The van der Waals surface area contributed by atoms with E-state index < -0.39 is 0 Å². The van der Waals surface area contributed by atoms with Crippen molar-refractivity contribution in [3.8, 4) is 0 Å². The molecule has 4 heteroatoms. The van der Waals surface area contributed by atoms with Crippen molar-refractivity contribution in [1.29, 1.82) is 0 Å². The first-order valence-electron chi connectivity index (χ1n) is 7.46. The summed E-state index contributed by atoms with van der Waals surface area (Å²) in [6, 6.07) is 20.5. The van der Waals surface area contributed by atoms with Crippen LogP contribution in [0.3, 0.4) is 0 Å². The molecule has 3 rings (SSSR count). The predicted molar refractivity (Wildman–Crippen MR) is 85.2 cm³/mol. The number of aryl methyl sites for hydroxylation is 2. The Morgan fingerprint density at radius 1 is 0.773 bits per heavy atom. The van der Waals surface area contributed by atoms with Crippen molar-refractivity contribution in [3.05, 3.63) is 83.4 Å².